The van der Waals surface area contributed by atoms with Crippen molar-refractivity contribution in [3.05, 3.63) is 65.5 Å². The first-order valence-corrected chi connectivity index (χ1v) is 6.42. The molecule has 0 aliphatic carbocycles. The molecule has 2 aromatic carbocycles. The van der Waals surface area contributed by atoms with E-state index in [1.54, 1.807) is 48.3 Å². The van der Waals surface area contributed by atoms with Crippen LogP contribution in [0.2, 0.25) is 0 Å². The van der Waals surface area contributed by atoms with Crippen LogP contribution in [-0.2, 0) is 6.42 Å². The lowest BCUT2D eigenvalue weighted by atomic mass is 10.1. The average Bonchev–Trinajstić information content (AvgIpc) is 2.46. The quantitative estimate of drug-likeness (QED) is 0.870. The second-order valence-electron chi connectivity index (χ2n) is 4.69. The maximum Gasteiger partial charge on any atom is 0.255 e. The van der Waals surface area contributed by atoms with E-state index in [0.29, 0.717) is 24.2 Å². The molecule has 3 nitrogen and oxygen atoms in total. The number of para-hydroxylation sites is 1. The number of nitrogens with two attached hydrogens (primary N) is 1. The lowest BCUT2D eigenvalue weighted by Crippen LogP contribution is -2.29. The second kappa shape index (κ2) is 6.19. The molecule has 2 aromatic rings. The summed E-state index contributed by atoms with van der Waals surface area (Å²) < 4.78 is 12.8. The van der Waals surface area contributed by atoms with Crippen molar-refractivity contribution in [2.24, 2.45) is 0 Å². The van der Waals surface area contributed by atoms with Gasteiger partial charge in [-0.15, -0.1) is 0 Å². The first-order chi connectivity index (χ1) is 9.58. The van der Waals surface area contributed by atoms with Crippen molar-refractivity contribution < 1.29 is 9.18 Å². The zero-order valence-electron chi connectivity index (χ0n) is 11.3. The smallest absolute Gasteiger partial charge is 0.255 e. The van der Waals surface area contributed by atoms with Gasteiger partial charge in [-0.25, -0.2) is 4.39 Å². The highest BCUT2D eigenvalue weighted by Gasteiger charge is 2.13. The molecule has 20 heavy (non-hydrogen) atoms. The number of carbonyl (C=O) groups is 1. The highest BCUT2D eigenvalue weighted by Crippen LogP contribution is 2.13. The van der Waals surface area contributed by atoms with Crippen molar-refractivity contribution in [3.8, 4) is 0 Å². The van der Waals surface area contributed by atoms with E-state index in [2.05, 4.69) is 0 Å². The predicted molar refractivity (Wildman–Crippen MR) is 77.9 cm³/mol. The summed E-state index contributed by atoms with van der Waals surface area (Å²) in [5, 5.41) is 0. The molecule has 0 atom stereocenters. The number of nitrogens with zero attached hydrogens (tertiary/aromatic N) is 1. The van der Waals surface area contributed by atoms with Gasteiger partial charge in [0.2, 0.25) is 0 Å². The van der Waals surface area contributed by atoms with Gasteiger partial charge in [-0.1, -0.05) is 24.3 Å². The molecule has 0 spiro atoms. The van der Waals surface area contributed by atoms with Crippen LogP contribution in [-0.4, -0.2) is 24.4 Å². The Balaban J connectivity index is 1.98. The first-order valence-electron chi connectivity index (χ1n) is 6.42. The van der Waals surface area contributed by atoms with Gasteiger partial charge < -0.3 is 10.6 Å². The number of amides is 1. The van der Waals surface area contributed by atoms with Crippen LogP contribution < -0.4 is 5.73 Å². The van der Waals surface area contributed by atoms with Crippen LogP contribution in [0.1, 0.15) is 15.9 Å². The monoisotopic (exact) mass is 272 g/mol. The van der Waals surface area contributed by atoms with Gasteiger partial charge in [-0.3, -0.25) is 4.79 Å². The largest absolute Gasteiger partial charge is 0.398 e. The van der Waals surface area contributed by atoms with Crippen molar-refractivity contribution in [2.45, 2.75) is 6.42 Å². The Kier molecular flexibility index (Phi) is 4.35. The molecule has 0 radical (unpaired) electrons. The molecule has 0 bridgehead atoms. The number of benzene rings is 2. The standard InChI is InChI=1S/C16H17FN2O/c1-19(11-10-12-6-8-13(17)9-7-12)16(20)14-4-2-3-5-15(14)18/h2-9H,10-11,18H2,1H3. The Morgan fingerprint density at radius 2 is 1.80 bits per heavy atom. The Labute approximate surface area is 117 Å². The van der Waals surface area contributed by atoms with Crippen molar-refractivity contribution in [3.63, 3.8) is 0 Å². The molecule has 2 N–H and O–H groups in total. The molecular weight excluding hydrogens is 255 g/mol. The number of hydrogen-bond donors (Lipinski definition) is 1. The number of rotatable bonds is 4. The fraction of sp³-hybridized carbons (Fsp3) is 0.188. The van der Waals surface area contributed by atoms with Crippen molar-refractivity contribution >= 4 is 11.6 Å². The SMILES string of the molecule is CN(CCc1ccc(F)cc1)C(=O)c1ccccc1N. The molecule has 4 heteroatoms. The zero-order chi connectivity index (χ0) is 14.5. The maximum absolute atomic E-state index is 12.8. The summed E-state index contributed by atoms with van der Waals surface area (Å²) in [5.74, 6) is -0.361. The summed E-state index contributed by atoms with van der Waals surface area (Å²) in [5.41, 5.74) is 7.77. The van der Waals surface area contributed by atoms with E-state index in [0.717, 1.165) is 5.56 Å². The van der Waals surface area contributed by atoms with E-state index in [1.165, 1.54) is 12.1 Å². The van der Waals surface area contributed by atoms with Gasteiger partial charge in [-0.2, -0.15) is 0 Å². The number of anilines is 1. The maximum atomic E-state index is 12.8. The van der Waals surface area contributed by atoms with Crippen LogP contribution in [0, 0.1) is 5.82 Å². The third kappa shape index (κ3) is 3.35. The number of likely N-dealkylation sites (N-methyl/N-ethyl adjacent to an activating group) is 1. The Morgan fingerprint density at radius 1 is 1.15 bits per heavy atom. The van der Waals surface area contributed by atoms with E-state index >= 15 is 0 Å². The van der Waals surface area contributed by atoms with E-state index in [1.807, 2.05) is 0 Å². The van der Waals surface area contributed by atoms with Crippen LogP contribution in [0.3, 0.4) is 0 Å². The second-order valence-corrected chi connectivity index (χ2v) is 4.69. The molecular formula is C16H17FN2O. The van der Waals surface area contributed by atoms with E-state index < -0.39 is 0 Å². The molecule has 0 aromatic heterocycles. The van der Waals surface area contributed by atoms with Crippen LogP contribution in [0.4, 0.5) is 10.1 Å². The highest BCUT2D eigenvalue weighted by atomic mass is 19.1. The van der Waals surface area contributed by atoms with Crippen molar-refractivity contribution in [1.29, 1.82) is 0 Å². The lowest BCUT2D eigenvalue weighted by Gasteiger charge is -2.18. The molecule has 0 saturated heterocycles. The third-order valence-corrected chi connectivity index (χ3v) is 3.19. The van der Waals surface area contributed by atoms with Crippen LogP contribution in [0.5, 0.6) is 0 Å². The van der Waals surface area contributed by atoms with Gasteiger partial charge in [0.25, 0.3) is 5.91 Å². The molecule has 1 amide bonds. The third-order valence-electron chi connectivity index (χ3n) is 3.19. The van der Waals surface area contributed by atoms with Crippen molar-refractivity contribution in [1.82, 2.24) is 4.90 Å². The minimum Gasteiger partial charge on any atom is -0.398 e. The summed E-state index contributed by atoms with van der Waals surface area (Å²) in [4.78, 5) is 13.8. The Hall–Kier alpha value is -2.36. The van der Waals surface area contributed by atoms with Crippen LogP contribution in [0.15, 0.2) is 48.5 Å². The highest BCUT2D eigenvalue weighted by molar-refractivity contribution is 5.98. The predicted octanol–water partition coefficient (Wildman–Crippen LogP) is 2.72. The first kappa shape index (κ1) is 14.1. The molecule has 104 valence electrons. The number of hydrogen-bond acceptors (Lipinski definition) is 2. The summed E-state index contributed by atoms with van der Waals surface area (Å²) in [6.07, 6.45) is 0.676. The molecule has 0 aliphatic rings. The normalized spacial score (nSPS) is 10.3. The summed E-state index contributed by atoms with van der Waals surface area (Å²) >= 11 is 0. The van der Waals surface area contributed by atoms with E-state index in [9.17, 15) is 9.18 Å². The Morgan fingerprint density at radius 3 is 2.45 bits per heavy atom. The Bertz CT molecular complexity index is 596. The molecule has 0 aliphatic heterocycles. The molecule has 0 fully saturated rings. The molecule has 2 rings (SSSR count). The average molecular weight is 272 g/mol. The van der Waals surface area contributed by atoms with Gasteiger partial charge in [0.15, 0.2) is 0 Å². The fourth-order valence-corrected chi connectivity index (χ4v) is 1.95. The van der Waals surface area contributed by atoms with E-state index in [4.69, 9.17) is 5.73 Å². The summed E-state index contributed by atoms with van der Waals surface area (Å²) in [6.45, 7) is 0.554. The van der Waals surface area contributed by atoms with Gasteiger partial charge in [-0.05, 0) is 36.2 Å². The summed E-state index contributed by atoms with van der Waals surface area (Å²) in [7, 11) is 1.73. The minimum absolute atomic E-state index is 0.106. The number of halogens is 1. The van der Waals surface area contributed by atoms with Crippen molar-refractivity contribution in [2.75, 3.05) is 19.3 Å². The molecule has 0 unspecified atom stereocenters. The zero-order valence-corrected chi connectivity index (χ0v) is 11.3. The van der Waals surface area contributed by atoms with Gasteiger partial charge in [0.05, 0.1) is 5.56 Å². The number of carbonyl (C=O) groups excluding carboxylic acids is 1. The summed E-state index contributed by atoms with van der Waals surface area (Å²) in [6, 6.07) is 13.3. The van der Waals surface area contributed by atoms with Crippen LogP contribution in [0.25, 0.3) is 0 Å². The fourth-order valence-electron chi connectivity index (χ4n) is 1.95. The molecule has 0 saturated carbocycles. The van der Waals surface area contributed by atoms with E-state index in [-0.39, 0.29) is 11.7 Å². The number of nitrogen functional groups attached to an aromatic ring is 1. The van der Waals surface area contributed by atoms with Crippen LogP contribution >= 0.6 is 0 Å². The molecule has 0 heterocycles. The van der Waals surface area contributed by atoms with Gasteiger partial charge in [0.1, 0.15) is 5.82 Å². The topological polar surface area (TPSA) is 46.3 Å². The van der Waals surface area contributed by atoms with Gasteiger partial charge >= 0.3 is 0 Å². The lowest BCUT2D eigenvalue weighted by molar-refractivity contribution is 0.0797. The van der Waals surface area contributed by atoms with Gasteiger partial charge in [0, 0.05) is 19.3 Å². The minimum atomic E-state index is -0.254.